The van der Waals surface area contributed by atoms with E-state index in [2.05, 4.69) is 32.4 Å². The van der Waals surface area contributed by atoms with Gasteiger partial charge in [0.25, 0.3) is 0 Å². The van der Waals surface area contributed by atoms with Crippen LogP contribution in [0.2, 0.25) is 0 Å². The van der Waals surface area contributed by atoms with E-state index in [0.717, 1.165) is 39.0 Å². The zero-order valence-electron chi connectivity index (χ0n) is 17.4. The Bertz CT molecular complexity index is 857. The fraction of sp³-hybridized carbons (Fsp3) is 0.500. The molecular formula is C22H29N5O3. The molecule has 2 aliphatic rings. The summed E-state index contributed by atoms with van der Waals surface area (Å²) in [4.78, 5) is 31.5. The van der Waals surface area contributed by atoms with E-state index in [-0.39, 0.29) is 11.8 Å². The van der Waals surface area contributed by atoms with Crippen LogP contribution in [0.25, 0.3) is 0 Å². The molecule has 1 aromatic carbocycles. The number of carbonyl (C=O) groups is 2. The first-order valence-corrected chi connectivity index (χ1v) is 10.6. The molecule has 30 heavy (non-hydrogen) atoms. The molecule has 1 aromatic heterocycles. The van der Waals surface area contributed by atoms with Gasteiger partial charge in [0.2, 0.25) is 11.8 Å². The van der Waals surface area contributed by atoms with Gasteiger partial charge in [0.15, 0.2) is 5.82 Å². The third-order valence-corrected chi connectivity index (χ3v) is 5.59. The van der Waals surface area contributed by atoms with Gasteiger partial charge in [0.1, 0.15) is 5.76 Å². The molecule has 0 bridgehead atoms. The zero-order chi connectivity index (χ0) is 20.9. The van der Waals surface area contributed by atoms with Crippen LogP contribution >= 0.6 is 0 Å². The molecule has 2 aromatic rings. The summed E-state index contributed by atoms with van der Waals surface area (Å²) in [6.07, 6.45) is 2.21. The number of hydrogen-bond acceptors (Lipinski definition) is 6. The highest BCUT2D eigenvalue weighted by molar-refractivity contribution is 5.91. The molecule has 160 valence electrons. The number of anilines is 1. The van der Waals surface area contributed by atoms with Crippen molar-refractivity contribution in [1.29, 1.82) is 0 Å². The number of rotatable bonds is 8. The number of aryl methyl sites for hydroxylation is 1. The van der Waals surface area contributed by atoms with Crippen molar-refractivity contribution in [3.63, 3.8) is 0 Å². The zero-order valence-corrected chi connectivity index (χ0v) is 17.4. The van der Waals surface area contributed by atoms with Gasteiger partial charge in [-0.05, 0) is 25.3 Å². The van der Waals surface area contributed by atoms with Gasteiger partial charge in [-0.1, -0.05) is 35.5 Å². The number of piperazine rings is 1. The molecule has 1 N–H and O–H groups in total. The van der Waals surface area contributed by atoms with Gasteiger partial charge < -0.3 is 14.7 Å². The summed E-state index contributed by atoms with van der Waals surface area (Å²) >= 11 is 0. The molecular weight excluding hydrogens is 382 g/mol. The van der Waals surface area contributed by atoms with E-state index >= 15 is 0 Å². The van der Waals surface area contributed by atoms with Gasteiger partial charge >= 0.3 is 0 Å². The van der Waals surface area contributed by atoms with Crippen molar-refractivity contribution in [2.45, 2.75) is 32.4 Å². The fourth-order valence-electron chi connectivity index (χ4n) is 3.79. The first-order chi connectivity index (χ1) is 14.6. The molecule has 1 saturated carbocycles. The van der Waals surface area contributed by atoms with E-state index in [4.69, 9.17) is 4.52 Å². The van der Waals surface area contributed by atoms with Crippen molar-refractivity contribution < 1.29 is 14.1 Å². The molecule has 1 saturated heterocycles. The minimum absolute atomic E-state index is 0.101. The lowest BCUT2D eigenvalue weighted by Crippen LogP contribution is -2.51. The van der Waals surface area contributed by atoms with E-state index in [0.29, 0.717) is 37.3 Å². The molecule has 2 heterocycles. The topological polar surface area (TPSA) is 81.9 Å². The maximum Gasteiger partial charge on any atom is 0.239 e. The SMILES string of the molecule is Cc1cc(NC(=O)CN2CCN(CC(=O)N(Cc3ccccc3)C3CC3)CC2)no1. The maximum absolute atomic E-state index is 13.0. The molecule has 8 nitrogen and oxygen atoms in total. The van der Waals surface area contributed by atoms with Crippen molar-refractivity contribution in [2.24, 2.45) is 0 Å². The maximum atomic E-state index is 13.0. The van der Waals surface area contributed by atoms with Gasteiger partial charge in [-0.15, -0.1) is 0 Å². The smallest absolute Gasteiger partial charge is 0.239 e. The Morgan fingerprint density at radius 2 is 1.77 bits per heavy atom. The van der Waals surface area contributed by atoms with Crippen molar-refractivity contribution in [3.8, 4) is 0 Å². The Labute approximate surface area is 176 Å². The normalized spacial score (nSPS) is 17.6. The summed E-state index contributed by atoms with van der Waals surface area (Å²) in [6, 6.07) is 12.3. The van der Waals surface area contributed by atoms with Crippen LogP contribution in [0.15, 0.2) is 40.9 Å². The van der Waals surface area contributed by atoms with Gasteiger partial charge in [0, 0.05) is 44.8 Å². The summed E-state index contributed by atoms with van der Waals surface area (Å²) < 4.78 is 4.96. The predicted octanol–water partition coefficient (Wildman–Crippen LogP) is 1.73. The highest BCUT2D eigenvalue weighted by atomic mass is 16.5. The van der Waals surface area contributed by atoms with Crippen LogP contribution in [-0.2, 0) is 16.1 Å². The van der Waals surface area contributed by atoms with Crippen molar-refractivity contribution in [3.05, 3.63) is 47.7 Å². The number of benzene rings is 1. The monoisotopic (exact) mass is 411 g/mol. The summed E-state index contributed by atoms with van der Waals surface area (Å²) in [6.45, 7) is 6.33. The highest BCUT2D eigenvalue weighted by Gasteiger charge is 2.33. The van der Waals surface area contributed by atoms with E-state index in [1.54, 1.807) is 13.0 Å². The van der Waals surface area contributed by atoms with Gasteiger partial charge in [-0.25, -0.2) is 0 Å². The van der Waals surface area contributed by atoms with E-state index in [1.165, 1.54) is 5.56 Å². The third-order valence-electron chi connectivity index (χ3n) is 5.59. The second-order valence-corrected chi connectivity index (χ2v) is 8.16. The minimum Gasteiger partial charge on any atom is -0.360 e. The number of nitrogens with one attached hydrogen (secondary N) is 1. The molecule has 0 radical (unpaired) electrons. The Kier molecular flexibility index (Phi) is 6.44. The van der Waals surface area contributed by atoms with Crippen LogP contribution in [0.4, 0.5) is 5.82 Å². The Hall–Kier alpha value is -2.71. The van der Waals surface area contributed by atoms with Gasteiger partial charge in [0.05, 0.1) is 13.1 Å². The Balaban J connectivity index is 1.21. The first-order valence-electron chi connectivity index (χ1n) is 10.6. The van der Waals surface area contributed by atoms with Gasteiger partial charge in [-0.3, -0.25) is 19.4 Å². The minimum atomic E-state index is -0.101. The van der Waals surface area contributed by atoms with Crippen molar-refractivity contribution >= 4 is 17.6 Å². The number of carbonyl (C=O) groups excluding carboxylic acids is 2. The number of aromatic nitrogens is 1. The van der Waals surface area contributed by atoms with Crippen LogP contribution in [0, 0.1) is 6.92 Å². The molecule has 8 heteroatoms. The highest BCUT2D eigenvalue weighted by Crippen LogP contribution is 2.28. The lowest BCUT2D eigenvalue weighted by atomic mass is 10.2. The summed E-state index contributed by atoms with van der Waals surface area (Å²) in [5.41, 5.74) is 1.18. The average Bonchev–Trinajstić information content (AvgIpc) is 3.50. The average molecular weight is 412 g/mol. The second-order valence-electron chi connectivity index (χ2n) is 8.16. The van der Waals surface area contributed by atoms with E-state index < -0.39 is 0 Å². The Morgan fingerprint density at radius 1 is 1.10 bits per heavy atom. The van der Waals surface area contributed by atoms with Crippen LogP contribution in [-0.4, -0.2) is 77.0 Å². The standard InChI is InChI=1S/C22H29N5O3/c1-17-13-20(24-30-17)23-21(28)15-25-9-11-26(12-10-25)16-22(29)27(19-7-8-19)14-18-5-3-2-4-6-18/h2-6,13,19H,7-12,14-16H2,1H3,(H,23,24,28). The first kappa shape index (κ1) is 20.6. The number of nitrogens with zero attached hydrogens (tertiary/aromatic N) is 4. The van der Waals surface area contributed by atoms with Crippen LogP contribution in [0.5, 0.6) is 0 Å². The van der Waals surface area contributed by atoms with E-state index in [9.17, 15) is 9.59 Å². The lowest BCUT2D eigenvalue weighted by molar-refractivity contribution is -0.134. The Morgan fingerprint density at radius 3 is 2.37 bits per heavy atom. The third kappa shape index (κ3) is 5.67. The number of hydrogen-bond donors (Lipinski definition) is 1. The van der Waals surface area contributed by atoms with Crippen LogP contribution in [0.1, 0.15) is 24.2 Å². The quantitative estimate of drug-likeness (QED) is 0.713. The van der Waals surface area contributed by atoms with Gasteiger partial charge in [-0.2, -0.15) is 0 Å². The largest absolute Gasteiger partial charge is 0.360 e. The molecule has 1 aliphatic carbocycles. The molecule has 2 fully saturated rings. The molecule has 0 spiro atoms. The molecule has 4 rings (SSSR count). The summed E-state index contributed by atoms with van der Waals surface area (Å²) in [5.74, 6) is 1.21. The van der Waals surface area contributed by atoms with Crippen LogP contribution < -0.4 is 5.32 Å². The fourth-order valence-corrected chi connectivity index (χ4v) is 3.79. The molecule has 0 atom stereocenters. The lowest BCUT2D eigenvalue weighted by Gasteiger charge is -2.35. The van der Waals surface area contributed by atoms with Crippen molar-refractivity contribution in [1.82, 2.24) is 19.9 Å². The predicted molar refractivity (Wildman–Crippen MR) is 113 cm³/mol. The number of amides is 2. The van der Waals surface area contributed by atoms with Crippen molar-refractivity contribution in [2.75, 3.05) is 44.6 Å². The van der Waals surface area contributed by atoms with E-state index in [1.807, 2.05) is 23.1 Å². The second kappa shape index (κ2) is 9.40. The molecule has 1 aliphatic heterocycles. The molecule has 2 amide bonds. The van der Waals surface area contributed by atoms with Crippen LogP contribution in [0.3, 0.4) is 0 Å². The summed E-state index contributed by atoms with van der Waals surface area (Å²) in [7, 11) is 0. The molecule has 0 unspecified atom stereocenters. The summed E-state index contributed by atoms with van der Waals surface area (Å²) in [5, 5.41) is 6.53.